The van der Waals surface area contributed by atoms with Gasteiger partial charge in [-0.25, -0.2) is 4.39 Å². The smallest absolute Gasteiger partial charge is 0.235 e. The Bertz CT molecular complexity index is 528. The molecule has 0 aliphatic rings. The Morgan fingerprint density at radius 1 is 1.29 bits per heavy atom. The molecule has 0 bridgehead atoms. The second kappa shape index (κ2) is 4.50. The summed E-state index contributed by atoms with van der Waals surface area (Å²) in [6.45, 7) is 0. The Morgan fingerprint density at radius 3 is 2.71 bits per heavy atom. The van der Waals surface area contributed by atoms with Crippen LogP contribution in [0.3, 0.4) is 0 Å². The summed E-state index contributed by atoms with van der Waals surface area (Å²) in [6.07, 6.45) is 0. The zero-order valence-corrected chi connectivity index (χ0v) is 9.69. The molecule has 0 aliphatic heterocycles. The van der Waals surface area contributed by atoms with Crippen LogP contribution in [-0.4, -0.2) is 22.0 Å². The highest BCUT2D eigenvalue weighted by Gasteiger charge is 2.10. The summed E-state index contributed by atoms with van der Waals surface area (Å²) in [7, 11) is 1.68. The summed E-state index contributed by atoms with van der Waals surface area (Å²) in [6, 6.07) is 6.02. The lowest BCUT2D eigenvalue weighted by Gasteiger charge is -2.17. The third-order valence-corrected chi connectivity index (χ3v) is 2.28. The van der Waals surface area contributed by atoms with Gasteiger partial charge in [0.1, 0.15) is 5.82 Å². The first-order chi connectivity index (χ1) is 8.06. The van der Waals surface area contributed by atoms with Crippen molar-refractivity contribution < 1.29 is 4.39 Å². The molecule has 0 fully saturated rings. The zero-order chi connectivity index (χ0) is 12.4. The highest BCUT2D eigenvalue weighted by molar-refractivity contribution is 6.28. The van der Waals surface area contributed by atoms with Crippen molar-refractivity contribution in [2.75, 3.05) is 17.7 Å². The number of nitrogen functional groups attached to an aromatic ring is 1. The lowest BCUT2D eigenvalue weighted by Crippen LogP contribution is -2.15. The minimum Gasteiger partial charge on any atom is -0.368 e. The minimum atomic E-state index is -0.345. The van der Waals surface area contributed by atoms with Gasteiger partial charge in [-0.1, -0.05) is 6.07 Å². The predicted molar refractivity (Wildman–Crippen MR) is 63.7 cm³/mol. The summed E-state index contributed by atoms with van der Waals surface area (Å²) in [5.74, 6) is -0.0705. The average molecular weight is 254 g/mol. The number of aromatic nitrogens is 3. The molecule has 0 saturated carbocycles. The SMILES string of the molecule is CN(c1cccc(F)c1)c1nc(N)nc(Cl)n1. The molecule has 88 valence electrons. The van der Waals surface area contributed by atoms with E-state index in [0.717, 1.165) is 0 Å². The van der Waals surface area contributed by atoms with Gasteiger partial charge in [0.25, 0.3) is 0 Å². The van der Waals surface area contributed by atoms with E-state index in [1.807, 2.05) is 0 Å². The fraction of sp³-hybridized carbons (Fsp3) is 0.100. The van der Waals surface area contributed by atoms with E-state index in [2.05, 4.69) is 15.0 Å². The van der Waals surface area contributed by atoms with Crippen molar-refractivity contribution in [2.45, 2.75) is 0 Å². The first-order valence-corrected chi connectivity index (χ1v) is 5.10. The maximum atomic E-state index is 13.1. The molecule has 2 rings (SSSR count). The number of hydrogen-bond acceptors (Lipinski definition) is 5. The topological polar surface area (TPSA) is 67.9 Å². The molecule has 2 N–H and O–H groups in total. The van der Waals surface area contributed by atoms with Crippen LogP contribution >= 0.6 is 11.6 Å². The maximum absolute atomic E-state index is 13.1. The van der Waals surface area contributed by atoms with Gasteiger partial charge in [0.05, 0.1) is 0 Å². The van der Waals surface area contributed by atoms with Crippen LogP contribution in [0.25, 0.3) is 0 Å². The van der Waals surface area contributed by atoms with Crippen molar-refractivity contribution in [3.63, 3.8) is 0 Å². The molecule has 2 aromatic rings. The lowest BCUT2D eigenvalue weighted by atomic mass is 10.3. The van der Waals surface area contributed by atoms with Crippen LogP contribution in [-0.2, 0) is 0 Å². The van der Waals surface area contributed by atoms with E-state index >= 15 is 0 Å². The molecular formula is C10H9ClFN5. The van der Waals surface area contributed by atoms with Crippen molar-refractivity contribution >= 4 is 29.2 Å². The van der Waals surface area contributed by atoms with Crippen LogP contribution in [0.2, 0.25) is 5.28 Å². The Hall–Kier alpha value is -1.95. The van der Waals surface area contributed by atoms with Gasteiger partial charge in [0.2, 0.25) is 17.2 Å². The first-order valence-electron chi connectivity index (χ1n) is 4.72. The van der Waals surface area contributed by atoms with Crippen LogP contribution in [0.4, 0.5) is 22.0 Å². The molecule has 1 aromatic heterocycles. The van der Waals surface area contributed by atoms with E-state index in [4.69, 9.17) is 17.3 Å². The molecule has 1 heterocycles. The van der Waals surface area contributed by atoms with E-state index in [9.17, 15) is 4.39 Å². The molecule has 0 unspecified atom stereocenters. The number of hydrogen-bond donors (Lipinski definition) is 1. The lowest BCUT2D eigenvalue weighted by molar-refractivity contribution is 0.628. The van der Waals surface area contributed by atoms with E-state index in [0.29, 0.717) is 5.69 Å². The van der Waals surface area contributed by atoms with Crippen LogP contribution in [0.1, 0.15) is 0 Å². The molecule has 7 heteroatoms. The van der Waals surface area contributed by atoms with E-state index < -0.39 is 0 Å². The molecule has 0 radical (unpaired) electrons. The number of halogens is 2. The second-order valence-electron chi connectivity index (χ2n) is 3.30. The van der Waals surface area contributed by atoms with Crippen LogP contribution < -0.4 is 10.6 Å². The molecule has 0 spiro atoms. The van der Waals surface area contributed by atoms with Crippen LogP contribution in [0, 0.1) is 5.82 Å². The molecule has 0 amide bonds. The summed E-state index contributed by atoms with van der Waals surface area (Å²) in [5, 5.41) is -0.00393. The molecular weight excluding hydrogens is 245 g/mol. The fourth-order valence-electron chi connectivity index (χ4n) is 1.30. The summed E-state index contributed by atoms with van der Waals surface area (Å²) in [4.78, 5) is 13.0. The molecule has 0 atom stereocenters. The Labute approximate surface area is 102 Å². The predicted octanol–water partition coefficient (Wildman–Crippen LogP) is 2.01. The molecule has 1 aromatic carbocycles. The normalized spacial score (nSPS) is 10.3. The van der Waals surface area contributed by atoms with Gasteiger partial charge in [-0.2, -0.15) is 15.0 Å². The van der Waals surface area contributed by atoms with Gasteiger partial charge in [-0.05, 0) is 29.8 Å². The van der Waals surface area contributed by atoms with E-state index in [-0.39, 0.29) is 23.0 Å². The Morgan fingerprint density at radius 2 is 2.06 bits per heavy atom. The van der Waals surface area contributed by atoms with Gasteiger partial charge in [-0.3, -0.25) is 0 Å². The second-order valence-corrected chi connectivity index (χ2v) is 3.64. The monoisotopic (exact) mass is 253 g/mol. The Kier molecular flexibility index (Phi) is 3.06. The standard InChI is InChI=1S/C10H9ClFN5/c1-17(7-4-2-3-6(12)5-7)10-15-8(11)14-9(13)16-10/h2-5H,1H3,(H2,13,14,15,16). The summed E-state index contributed by atoms with van der Waals surface area (Å²) >= 11 is 5.67. The fourth-order valence-corrected chi connectivity index (χ4v) is 1.47. The van der Waals surface area contributed by atoms with Crippen LogP contribution in [0.5, 0.6) is 0 Å². The summed E-state index contributed by atoms with van der Waals surface area (Å²) in [5.41, 5.74) is 6.05. The number of benzene rings is 1. The van der Waals surface area contributed by atoms with Crippen LogP contribution in [0.15, 0.2) is 24.3 Å². The highest BCUT2D eigenvalue weighted by atomic mass is 35.5. The van der Waals surface area contributed by atoms with Crippen molar-refractivity contribution in [2.24, 2.45) is 0 Å². The molecule has 0 saturated heterocycles. The maximum Gasteiger partial charge on any atom is 0.235 e. The van der Waals surface area contributed by atoms with Crippen molar-refractivity contribution in [3.05, 3.63) is 35.4 Å². The minimum absolute atomic E-state index is 0.00393. The van der Waals surface area contributed by atoms with Crippen molar-refractivity contribution in [1.29, 1.82) is 0 Å². The number of nitrogens with zero attached hydrogens (tertiary/aromatic N) is 4. The average Bonchev–Trinajstić information content (AvgIpc) is 2.26. The first kappa shape index (κ1) is 11.5. The molecule has 5 nitrogen and oxygen atoms in total. The van der Waals surface area contributed by atoms with Gasteiger partial charge in [-0.15, -0.1) is 0 Å². The number of rotatable bonds is 2. The quantitative estimate of drug-likeness (QED) is 0.887. The van der Waals surface area contributed by atoms with Crippen molar-refractivity contribution in [3.8, 4) is 0 Å². The van der Waals surface area contributed by atoms with Gasteiger partial charge in [0.15, 0.2) is 0 Å². The van der Waals surface area contributed by atoms with Crippen molar-refractivity contribution in [1.82, 2.24) is 15.0 Å². The third kappa shape index (κ3) is 2.59. The van der Waals surface area contributed by atoms with Gasteiger partial charge in [0, 0.05) is 12.7 Å². The molecule has 0 aliphatic carbocycles. The number of nitrogens with two attached hydrogens (primary N) is 1. The summed E-state index contributed by atoms with van der Waals surface area (Å²) < 4.78 is 13.1. The largest absolute Gasteiger partial charge is 0.368 e. The van der Waals surface area contributed by atoms with Gasteiger partial charge >= 0.3 is 0 Å². The van der Waals surface area contributed by atoms with E-state index in [1.165, 1.54) is 12.1 Å². The van der Waals surface area contributed by atoms with E-state index in [1.54, 1.807) is 24.1 Å². The zero-order valence-electron chi connectivity index (χ0n) is 8.93. The van der Waals surface area contributed by atoms with Gasteiger partial charge < -0.3 is 10.6 Å². The Balaban J connectivity index is 2.39. The number of anilines is 3. The molecule has 17 heavy (non-hydrogen) atoms. The highest BCUT2D eigenvalue weighted by Crippen LogP contribution is 2.21. The third-order valence-electron chi connectivity index (χ3n) is 2.11.